The number of fused-ring (bicyclic) bond motifs is 1. The predicted octanol–water partition coefficient (Wildman–Crippen LogP) is 1.08. The van der Waals surface area contributed by atoms with Gasteiger partial charge in [0.1, 0.15) is 17.7 Å². The highest BCUT2D eigenvalue weighted by Crippen LogP contribution is 2.31. The van der Waals surface area contributed by atoms with Crippen molar-refractivity contribution in [2.45, 2.75) is 31.6 Å². The van der Waals surface area contributed by atoms with E-state index in [0.29, 0.717) is 11.4 Å². The number of imidazole rings is 1. The van der Waals surface area contributed by atoms with Crippen LogP contribution in [0.4, 0.5) is 0 Å². The molecule has 1 N–H and O–H groups in total. The quantitative estimate of drug-likeness (QED) is 0.755. The standard InChI is InChI=1S/C10H12N4O/c15-10-8-5-11-6-14(8)13-9(12-10)7-3-1-2-4-7/h5-7H,1-4H2,(H,12,13,15). The summed E-state index contributed by atoms with van der Waals surface area (Å²) in [7, 11) is 0. The summed E-state index contributed by atoms with van der Waals surface area (Å²) in [5, 5.41) is 4.38. The Bertz CT molecular complexity index is 536. The minimum Gasteiger partial charge on any atom is -0.307 e. The molecular formula is C10H12N4O. The number of H-pyrrole nitrogens is 1. The molecule has 5 heteroatoms. The summed E-state index contributed by atoms with van der Waals surface area (Å²) in [4.78, 5) is 18.4. The molecule has 1 saturated carbocycles. The van der Waals surface area contributed by atoms with Gasteiger partial charge in [-0.15, -0.1) is 0 Å². The largest absolute Gasteiger partial charge is 0.307 e. The number of rotatable bonds is 1. The van der Waals surface area contributed by atoms with Crippen LogP contribution in [-0.4, -0.2) is 19.6 Å². The molecule has 1 aliphatic carbocycles. The van der Waals surface area contributed by atoms with Crippen molar-refractivity contribution in [2.75, 3.05) is 0 Å². The Kier molecular flexibility index (Phi) is 1.83. The molecular weight excluding hydrogens is 192 g/mol. The Labute approximate surface area is 86.2 Å². The van der Waals surface area contributed by atoms with Gasteiger partial charge >= 0.3 is 0 Å². The van der Waals surface area contributed by atoms with E-state index in [0.717, 1.165) is 18.7 Å². The van der Waals surface area contributed by atoms with E-state index in [-0.39, 0.29) is 5.56 Å². The van der Waals surface area contributed by atoms with Gasteiger partial charge in [-0.2, -0.15) is 5.10 Å². The highest BCUT2D eigenvalue weighted by atomic mass is 16.1. The smallest absolute Gasteiger partial charge is 0.276 e. The maximum Gasteiger partial charge on any atom is 0.276 e. The molecule has 0 aliphatic heterocycles. The van der Waals surface area contributed by atoms with Gasteiger partial charge in [0, 0.05) is 5.92 Å². The normalized spacial score (nSPS) is 17.6. The number of aromatic amines is 1. The van der Waals surface area contributed by atoms with Gasteiger partial charge < -0.3 is 4.98 Å². The minimum atomic E-state index is -0.0931. The fraction of sp³-hybridized carbons (Fsp3) is 0.500. The maximum atomic E-state index is 11.7. The van der Waals surface area contributed by atoms with Gasteiger partial charge in [-0.3, -0.25) is 4.79 Å². The van der Waals surface area contributed by atoms with E-state index in [2.05, 4.69) is 15.1 Å². The van der Waals surface area contributed by atoms with E-state index in [1.165, 1.54) is 19.0 Å². The molecule has 0 spiro atoms. The Morgan fingerprint density at radius 3 is 3.00 bits per heavy atom. The van der Waals surface area contributed by atoms with Crippen LogP contribution >= 0.6 is 0 Å². The summed E-state index contributed by atoms with van der Waals surface area (Å²) in [6.07, 6.45) is 7.83. The first-order chi connectivity index (χ1) is 7.34. The topological polar surface area (TPSA) is 63.0 Å². The second kappa shape index (κ2) is 3.18. The van der Waals surface area contributed by atoms with E-state index < -0.39 is 0 Å². The molecule has 5 nitrogen and oxygen atoms in total. The second-order valence-electron chi connectivity index (χ2n) is 4.04. The summed E-state index contributed by atoms with van der Waals surface area (Å²) in [5.74, 6) is 1.23. The van der Waals surface area contributed by atoms with Crippen LogP contribution in [0.5, 0.6) is 0 Å². The predicted molar refractivity (Wildman–Crippen MR) is 54.8 cm³/mol. The Morgan fingerprint density at radius 1 is 1.40 bits per heavy atom. The molecule has 2 heterocycles. The van der Waals surface area contributed by atoms with E-state index in [1.54, 1.807) is 10.8 Å². The van der Waals surface area contributed by atoms with Gasteiger partial charge in [0.05, 0.1) is 6.20 Å². The van der Waals surface area contributed by atoms with Gasteiger partial charge in [0.25, 0.3) is 5.56 Å². The Hall–Kier alpha value is -1.65. The van der Waals surface area contributed by atoms with Crippen molar-refractivity contribution in [3.05, 3.63) is 28.7 Å². The lowest BCUT2D eigenvalue weighted by atomic mass is 10.1. The van der Waals surface area contributed by atoms with Crippen LogP contribution in [-0.2, 0) is 0 Å². The Morgan fingerprint density at radius 2 is 2.20 bits per heavy atom. The summed E-state index contributed by atoms with van der Waals surface area (Å²) in [6.45, 7) is 0. The molecule has 0 radical (unpaired) electrons. The van der Waals surface area contributed by atoms with Crippen molar-refractivity contribution >= 4 is 5.52 Å². The lowest BCUT2D eigenvalue weighted by molar-refractivity contribution is 0.635. The van der Waals surface area contributed by atoms with Gasteiger partial charge in [-0.1, -0.05) is 12.8 Å². The van der Waals surface area contributed by atoms with Crippen LogP contribution in [0.15, 0.2) is 17.3 Å². The van der Waals surface area contributed by atoms with E-state index in [4.69, 9.17) is 0 Å². The zero-order valence-electron chi connectivity index (χ0n) is 8.31. The molecule has 2 aromatic heterocycles. The van der Waals surface area contributed by atoms with Crippen LogP contribution in [0.25, 0.3) is 5.52 Å². The molecule has 0 saturated heterocycles. The summed E-state index contributed by atoms with van der Waals surface area (Å²) in [5.41, 5.74) is 0.418. The minimum absolute atomic E-state index is 0.0931. The van der Waals surface area contributed by atoms with Gasteiger partial charge in [-0.05, 0) is 12.8 Å². The monoisotopic (exact) mass is 204 g/mol. The molecule has 0 amide bonds. The van der Waals surface area contributed by atoms with Crippen LogP contribution < -0.4 is 5.56 Å². The van der Waals surface area contributed by atoms with Crippen molar-refractivity contribution in [2.24, 2.45) is 0 Å². The molecule has 2 aromatic rings. The van der Waals surface area contributed by atoms with Crippen LogP contribution in [0.2, 0.25) is 0 Å². The van der Waals surface area contributed by atoms with E-state index in [9.17, 15) is 4.79 Å². The van der Waals surface area contributed by atoms with Crippen molar-refractivity contribution < 1.29 is 0 Å². The molecule has 1 fully saturated rings. The average Bonchev–Trinajstić information content (AvgIpc) is 2.88. The fourth-order valence-electron chi connectivity index (χ4n) is 2.24. The van der Waals surface area contributed by atoms with Crippen LogP contribution in [0.3, 0.4) is 0 Å². The SMILES string of the molecule is O=c1[nH]c(C2CCCC2)nn2cncc12. The van der Waals surface area contributed by atoms with Gasteiger partial charge in [0.2, 0.25) is 0 Å². The van der Waals surface area contributed by atoms with Crippen molar-refractivity contribution in [3.8, 4) is 0 Å². The average molecular weight is 204 g/mol. The summed E-state index contributed by atoms with van der Waals surface area (Å²) >= 11 is 0. The third-order valence-corrected chi connectivity index (χ3v) is 3.05. The lowest BCUT2D eigenvalue weighted by Crippen LogP contribution is -2.17. The molecule has 0 bridgehead atoms. The van der Waals surface area contributed by atoms with E-state index >= 15 is 0 Å². The van der Waals surface area contributed by atoms with E-state index in [1.807, 2.05) is 0 Å². The molecule has 0 aromatic carbocycles. The Balaban J connectivity index is 2.15. The van der Waals surface area contributed by atoms with Crippen molar-refractivity contribution in [1.82, 2.24) is 19.6 Å². The third-order valence-electron chi connectivity index (χ3n) is 3.05. The van der Waals surface area contributed by atoms with Crippen molar-refractivity contribution in [1.29, 1.82) is 0 Å². The number of hydrogen-bond acceptors (Lipinski definition) is 3. The first-order valence-corrected chi connectivity index (χ1v) is 5.27. The zero-order valence-corrected chi connectivity index (χ0v) is 8.31. The second-order valence-corrected chi connectivity index (χ2v) is 4.04. The molecule has 0 unspecified atom stereocenters. The first-order valence-electron chi connectivity index (χ1n) is 5.27. The fourth-order valence-corrected chi connectivity index (χ4v) is 2.24. The number of nitrogens with zero attached hydrogens (tertiary/aromatic N) is 3. The van der Waals surface area contributed by atoms with Crippen LogP contribution in [0, 0.1) is 0 Å². The molecule has 78 valence electrons. The number of nitrogens with one attached hydrogen (secondary N) is 1. The lowest BCUT2D eigenvalue weighted by Gasteiger charge is -2.07. The number of hydrogen-bond donors (Lipinski definition) is 1. The molecule has 15 heavy (non-hydrogen) atoms. The van der Waals surface area contributed by atoms with Crippen molar-refractivity contribution in [3.63, 3.8) is 0 Å². The number of aromatic nitrogens is 4. The summed E-state index contributed by atoms with van der Waals surface area (Å²) < 4.78 is 1.56. The van der Waals surface area contributed by atoms with Crippen LogP contribution in [0.1, 0.15) is 37.4 Å². The molecule has 3 rings (SSSR count). The third kappa shape index (κ3) is 1.35. The highest BCUT2D eigenvalue weighted by Gasteiger charge is 2.20. The highest BCUT2D eigenvalue weighted by molar-refractivity contribution is 5.40. The first kappa shape index (κ1) is 8.64. The molecule has 0 atom stereocenters. The zero-order chi connectivity index (χ0) is 10.3. The maximum absolute atomic E-state index is 11.7. The summed E-state index contributed by atoms with van der Waals surface area (Å²) in [6, 6.07) is 0. The van der Waals surface area contributed by atoms with Gasteiger partial charge in [0.15, 0.2) is 0 Å². The van der Waals surface area contributed by atoms with Gasteiger partial charge in [-0.25, -0.2) is 9.50 Å². The molecule has 1 aliphatic rings.